The summed E-state index contributed by atoms with van der Waals surface area (Å²) in [5, 5.41) is 3.00. The second-order valence-electron chi connectivity index (χ2n) is 5.60. The molecule has 1 aromatic carbocycles. The first-order valence-corrected chi connectivity index (χ1v) is 7.27. The molecule has 0 aromatic heterocycles. The average molecular weight is 260 g/mol. The molecule has 3 N–H and O–H groups in total. The van der Waals surface area contributed by atoms with Crippen molar-refractivity contribution < 1.29 is 4.79 Å². The first kappa shape index (κ1) is 13.9. The molecule has 1 saturated carbocycles. The normalized spacial score (nSPS) is 15.6. The molecule has 0 atom stereocenters. The Labute approximate surface area is 115 Å². The number of nitrogens with one attached hydrogen (secondary N) is 1. The van der Waals surface area contributed by atoms with Crippen molar-refractivity contribution >= 4 is 11.6 Å². The number of rotatable bonds is 5. The topological polar surface area (TPSA) is 55.1 Å². The molecule has 3 heteroatoms. The van der Waals surface area contributed by atoms with E-state index in [0.717, 1.165) is 29.2 Å². The molecule has 0 unspecified atom stereocenters. The summed E-state index contributed by atoms with van der Waals surface area (Å²) in [5.41, 5.74) is 8.82. The van der Waals surface area contributed by atoms with Gasteiger partial charge in [0.2, 0.25) is 5.91 Å². The minimum Gasteiger partial charge on any atom is -0.399 e. The molecule has 0 heterocycles. The summed E-state index contributed by atoms with van der Waals surface area (Å²) in [4.78, 5) is 11.8. The lowest BCUT2D eigenvalue weighted by molar-refractivity contribution is -0.121. The summed E-state index contributed by atoms with van der Waals surface area (Å²) in [7, 11) is 0. The van der Waals surface area contributed by atoms with Crippen LogP contribution < -0.4 is 11.1 Å². The zero-order valence-corrected chi connectivity index (χ0v) is 11.7. The molecule has 2 rings (SSSR count). The Bertz CT molecular complexity index is 436. The van der Waals surface area contributed by atoms with E-state index >= 15 is 0 Å². The molecule has 0 saturated heterocycles. The third-order valence-electron chi connectivity index (χ3n) is 4.22. The van der Waals surface area contributed by atoms with Crippen molar-refractivity contribution in [3.8, 4) is 0 Å². The van der Waals surface area contributed by atoms with E-state index in [4.69, 9.17) is 5.73 Å². The summed E-state index contributed by atoms with van der Waals surface area (Å²) >= 11 is 0. The monoisotopic (exact) mass is 260 g/mol. The van der Waals surface area contributed by atoms with E-state index in [1.165, 1.54) is 25.7 Å². The maximum atomic E-state index is 11.8. The number of nitrogens with two attached hydrogens (primary N) is 1. The van der Waals surface area contributed by atoms with Crippen LogP contribution in [0.5, 0.6) is 0 Å². The first-order chi connectivity index (χ1) is 9.16. The van der Waals surface area contributed by atoms with Gasteiger partial charge in [-0.3, -0.25) is 4.79 Å². The first-order valence-electron chi connectivity index (χ1n) is 7.27. The highest BCUT2D eigenvalue weighted by atomic mass is 16.1. The number of benzene rings is 1. The zero-order valence-electron chi connectivity index (χ0n) is 11.7. The van der Waals surface area contributed by atoms with Crippen molar-refractivity contribution in [1.82, 2.24) is 5.32 Å². The van der Waals surface area contributed by atoms with Gasteiger partial charge in [0.15, 0.2) is 0 Å². The highest BCUT2D eigenvalue weighted by Gasteiger charge is 2.16. The van der Waals surface area contributed by atoms with Crippen LogP contribution in [0.3, 0.4) is 0 Å². The largest absolute Gasteiger partial charge is 0.399 e. The predicted octanol–water partition coefficient (Wildman–Crippen LogP) is 3.16. The van der Waals surface area contributed by atoms with Gasteiger partial charge in [0.1, 0.15) is 0 Å². The van der Waals surface area contributed by atoms with Crippen LogP contribution >= 0.6 is 0 Å². The summed E-state index contributed by atoms with van der Waals surface area (Å²) in [6.07, 6.45) is 7.00. The van der Waals surface area contributed by atoms with Crippen LogP contribution in [0.25, 0.3) is 0 Å². The van der Waals surface area contributed by atoms with E-state index in [1.54, 1.807) is 0 Å². The fourth-order valence-electron chi connectivity index (χ4n) is 2.81. The van der Waals surface area contributed by atoms with Crippen LogP contribution in [0.1, 0.15) is 49.7 Å². The Kier molecular flexibility index (Phi) is 4.83. The Morgan fingerprint density at radius 3 is 2.84 bits per heavy atom. The number of anilines is 1. The van der Waals surface area contributed by atoms with Gasteiger partial charge < -0.3 is 11.1 Å². The van der Waals surface area contributed by atoms with Crippen LogP contribution in [0.4, 0.5) is 5.69 Å². The summed E-state index contributed by atoms with van der Waals surface area (Å²) in [5.74, 6) is 0.939. The van der Waals surface area contributed by atoms with Gasteiger partial charge in [0.05, 0.1) is 0 Å². The number of hydrogen-bond donors (Lipinski definition) is 2. The lowest BCUT2D eigenvalue weighted by Gasteiger charge is -2.11. The van der Waals surface area contributed by atoms with Crippen molar-refractivity contribution in [2.45, 2.75) is 52.0 Å². The van der Waals surface area contributed by atoms with Gasteiger partial charge in [-0.05, 0) is 36.5 Å². The van der Waals surface area contributed by atoms with Gasteiger partial charge in [-0.2, -0.15) is 0 Å². The van der Waals surface area contributed by atoms with Gasteiger partial charge in [0.25, 0.3) is 0 Å². The minimum atomic E-state index is 0.161. The third kappa shape index (κ3) is 3.98. The summed E-state index contributed by atoms with van der Waals surface area (Å²) in [6, 6.07) is 5.84. The standard InChI is InChI=1S/C16H24N2O/c1-12-14(7-4-8-15(12)17)11-18-16(19)10-9-13-5-2-3-6-13/h4,7-8,13H,2-3,5-6,9-11,17H2,1H3,(H,18,19). The molecular weight excluding hydrogens is 236 g/mol. The molecule has 19 heavy (non-hydrogen) atoms. The van der Waals surface area contributed by atoms with Crippen LogP contribution in [0.2, 0.25) is 0 Å². The quantitative estimate of drug-likeness (QED) is 0.799. The van der Waals surface area contributed by atoms with E-state index in [-0.39, 0.29) is 5.91 Å². The maximum absolute atomic E-state index is 11.8. The van der Waals surface area contributed by atoms with Gasteiger partial charge >= 0.3 is 0 Å². The molecule has 0 bridgehead atoms. The highest BCUT2D eigenvalue weighted by molar-refractivity contribution is 5.76. The molecule has 104 valence electrons. The summed E-state index contributed by atoms with van der Waals surface area (Å²) < 4.78 is 0. The lowest BCUT2D eigenvalue weighted by atomic mass is 10.0. The second kappa shape index (κ2) is 6.60. The predicted molar refractivity (Wildman–Crippen MR) is 78.6 cm³/mol. The molecule has 1 aliphatic carbocycles. The third-order valence-corrected chi connectivity index (χ3v) is 4.22. The Hall–Kier alpha value is -1.51. The van der Waals surface area contributed by atoms with Crippen molar-refractivity contribution in [2.24, 2.45) is 5.92 Å². The number of amides is 1. The Morgan fingerprint density at radius 2 is 2.11 bits per heavy atom. The van der Waals surface area contributed by atoms with E-state index in [9.17, 15) is 4.79 Å². The SMILES string of the molecule is Cc1c(N)cccc1CNC(=O)CCC1CCCC1. The molecule has 1 aliphatic rings. The van der Waals surface area contributed by atoms with Crippen molar-refractivity contribution in [3.63, 3.8) is 0 Å². The fraction of sp³-hybridized carbons (Fsp3) is 0.562. The van der Waals surface area contributed by atoms with Gasteiger partial charge in [-0.25, -0.2) is 0 Å². The summed E-state index contributed by atoms with van der Waals surface area (Å²) in [6.45, 7) is 2.58. The Morgan fingerprint density at radius 1 is 1.37 bits per heavy atom. The zero-order chi connectivity index (χ0) is 13.7. The van der Waals surface area contributed by atoms with Gasteiger partial charge in [-0.1, -0.05) is 37.8 Å². The fourth-order valence-corrected chi connectivity index (χ4v) is 2.81. The van der Waals surface area contributed by atoms with Crippen molar-refractivity contribution in [1.29, 1.82) is 0 Å². The molecule has 1 aromatic rings. The van der Waals surface area contributed by atoms with Crippen LogP contribution in [-0.2, 0) is 11.3 Å². The van der Waals surface area contributed by atoms with Crippen LogP contribution in [-0.4, -0.2) is 5.91 Å². The van der Waals surface area contributed by atoms with Crippen molar-refractivity contribution in [3.05, 3.63) is 29.3 Å². The molecule has 3 nitrogen and oxygen atoms in total. The number of carbonyl (C=O) groups excluding carboxylic acids is 1. The Balaban J connectivity index is 1.75. The van der Waals surface area contributed by atoms with Crippen LogP contribution in [0, 0.1) is 12.8 Å². The maximum Gasteiger partial charge on any atom is 0.220 e. The smallest absolute Gasteiger partial charge is 0.220 e. The number of nitrogen functional groups attached to an aromatic ring is 1. The molecule has 1 fully saturated rings. The highest BCUT2D eigenvalue weighted by Crippen LogP contribution is 2.28. The molecule has 1 amide bonds. The second-order valence-corrected chi connectivity index (χ2v) is 5.60. The van der Waals surface area contributed by atoms with Crippen molar-refractivity contribution in [2.75, 3.05) is 5.73 Å². The van der Waals surface area contributed by atoms with E-state index in [2.05, 4.69) is 5.32 Å². The average Bonchev–Trinajstić information content (AvgIpc) is 2.91. The van der Waals surface area contributed by atoms with E-state index in [1.807, 2.05) is 25.1 Å². The van der Waals surface area contributed by atoms with E-state index in [0.29, 0.717) is 13.0 Å². The number of hydrogen-bond acceptors (Lipinski definition) is 2. The molecule has 0 aliphatic heterocycles. The van der Waals surface area contributed by atoms with Crippen LogP contribution in [0.15, 0.2) is 18.2 Å². The molecule has 0 radical (unpaired) electrons. The van der Waals surface area contributed by atoms with Gasteiger partial charge in [0, 0.05) is 18.7 Å². The lowest BCUT2D eigenvalue weighted by Crippen LogP contribution is -2.23. The number of carbonyl (C=O) groups is 1. The van der Waals surface area contributed by atoms with E-state index < -0.39 is 0 Å². The minimum absolute atomic E-state index is 0.161. The molecular formula is C16H24N2O. The molecule has 0 spiro atoms. The van der Waals surface area contributed by atoms with Gasteiger partial charge in [-0.15, -0.1) is 0 Å².